The summed E-state index contributed by atoms with van der Waals surface area (Å²) in [6, 6.07) is 15.7. The Morgan fingerprint density at radius 1 is 1.12 bits per heavy atom. The number of hydrogen-bond acceptors (Lipinski definition) is 4. The van der Waals surface area contributed by atoms with Gasteiger partial charge < -0.3 is 4.98 Å². The van der Waals surface area contributed by atoms with Gasteiger partial charge in [0.05, 0.1) is 16.3 Å². The molecule has 3 aromatic rings. The van der Waals surface area contributed by atoms with Gasteiger partial charge in [-0.25, -0.2) is 4.98 Å². The summed E-state index contributed by atoms with van der Waals surface area (Å²) in [5, 5.41) is 13.6. The van der Waals surface area contributed by atoms with E-state index in [0.29, 0.717) is 22.9 Å². The van der Waals surface area contributed by atoms with Crippen molar-refractivity contribution >= 4 is 17.5 Å². The van der Waals surface area contributed by atoms with E-state index in [1.54, 1.807) is 12.1 Å². The normalized spacial score (nSPS) is 10.4. The first kappa shape index (κ1) is 15.4. The molecule has 1 aromatic heterocycles. The number of imidazole rings is 1. The summed E-state index contributed by atoms with van der Waals surface area (Å²) in [7, 11) is 0. The van der Waals surface area contributed by atoms with Crippen molar-refractivity contribution in [3.63, 3.8) is 0 Å². The van der Waals surface area contributed by atoms with E-state index in [9.17, 15) is 14.9 Å². The van der Waals surface area contributed by atoms with Crippen LogP contribution in [-0.2, 0) is 4.79 Å². The standard InChI is InChI=1S/C17H14N4O3/c1-11(22)18-17-19-15(12-6-3-2-4-7-12)16(20-17)13-8-5-9-14(10-13)21(23)24/h2-10H,1H3,(H2,18,19,20,22). The molecule has 0 aliphatic heterocycles. The first-order valence-corrected chi connectivity index (χ1v) is 7.22. The number of nitrogens with zero attached hydrogens (tertiary/aromatic N) is 2. The Bertz CT molecular complexity index is 903. The highest BCUT2D eigenvalue weighted by molar-refractivity contribution is 5.89. The average Bonchev–Trinajstić information content (AvgIpc) is 2.99. The molecule has 2 aromatic carbocycles. The molecule has 2 N–H and O–H groups in total. The second-order valence-corrected chi connectivity index (χ2v) is 5.16. The van der Waals surface area contributed by atoms with Crippen LogP contribution in [0.5, 0.6) is 0 Å². The number of nitrogens with one attached hydrogen (secondary N) is 2. The number of carbonyl (C=O) groups is 1. The summed E-state index contributed by atoms with van der Waals surface area (Å²) in [6.07, 6.45) is 0. The van der Waals surface area contributed by atoms with Gasteiger partial charge in [0, 0.05) is 30.2 Å². The summed E-state index contributed by atoms with van der Waals surface area (Å²) < 4.78 is 0. The second kappa shape index (κ2) is 6.33. The zero-order valence-corrected chi connectivity index (χ0v) is 12.8. The van der Waals surface area contributed by atoms with Crippen molar-refractivity contribution in [3.05, 3.63) is 64.7 Å². The van der Waals surface area contributed by atoms with Crippen molar-refractivity contribution in [1.29, 1.82) is 0 Å². The summed E-state index contributed by atoms with van der Waals surface area (Å²) in [5.41, 5.74) is 2.66. The number of amides is 1. The molecule has 7 heteroatoms. The number of aromatic nitrogens is 2. The van der Waals surface area contributed by atoms with E-state index in [-0.39, 0.29) is 11.6 Å². The smallest absolute Gasteiger partial charge is 0.270 e. The molecule has 0 bridgehead atoms. The van der Waals surface area contributed by atoms with Crippen LogP contribution in [0.4, 0.5) is 11.6 Å². The first-order chi connectivity index (χ1) is 11.5. The predicted molar refractivity (Wildman–Crippen MR) is 90.4 cm³/mol. The molecular formula is C17H14N4O3. The van der Waals surface area contributed by atoms with Gasteiger partial charge in [0.2, 0.25) is 11.9 Å². The Morgan fingerprint density at radius 2 is 1.83 bits per heavy atom. The highest BCUT2D eigenvalue weighted by Crippen LogP contribution is 2.32. The fourth-order valence-corrected chi connectivity index (χ4v) is 2.39. The van der Waals surface area contributed by atoms with Gasteiger partial charge in [0.25, 0.3) is 5.69 Å². The number of nitro groups is 1. The quantitative estimate of drug-likeness (QED) is 0.566. The molecule has 1 amide bonds. The number of anilines is 1. The minimum absolute atomic E-state index is 0.0180. The molecule has 0 unspecified atom stereocenters. The van der Waals surface area contributed by atoms with Gasteiger partial charge in [-0.05, 0) is 0 Å². The van der Waals surface area contributed by atoms with Gasteiger partial charge in [-0.3, -0.25) is 20.2 Å². The SMILES string of the molecule is CC(=O)Nc1nc(-c2cccc([N+](=O)[O-])c2)c(-c2ccccc2)[nH]1. The minimum atomic E-state index is -0.451. The third-order valence-corrected chi connectivity index (χ3v) is 3.39. The molecule has 0 radical (unpaired) electrons. The zero-order valence-electron chi connectivity index (χ0n) is 12.8. The van der Waals surface area contributed by atoms with Crippen LogP contribution in [-0.4, -0.2) is 20.8 Å². The van der Waals surface area contributed by atoms with E-state index in [4.69, 9.17) is 0 Å². The molecule has 3 rings (SSSR count). The van der Waals surface area contributed by atoms with Gasteiger partial charge in [-0.15, -0.1) is 0 Å². The third-order valence-electron chi connectivity index (χ3n) is 3.39. The Kier molecular flexibility index (Phi) is 4.07. The van der Waals surface area contributed by atoms with Crippen molar-refractivity contribution in [2.45, 2.75) is 6.92 Å². The Morgan fingerprint density at radius 3 is 2.50 bits per heavy atom. The summed E-state index contributed by atoms with van der Waals surface area (Å²) in [4.78, 5) is 29.3. The van der Waals surface area contributed by atoms with Gasteiger partial charge in [-0.1, -0.05) is 42.5 Å². The largest absolute Gasteiger partial charge is 0.323 e. The molecule has 7 nitrogen and oxygen atoms in total. The molecule has 120 valence electrons. The van der Waals surface area contributed by atoms with E-state index in [2.05, 4.69) is 15.3 Å². The first-order valence-electron chi connectivity index (χ1n) is 7.22. The van der Waals surface area contributed by atoms with E-state index in [0.717, 1.165) is 5.56 Å². The Balaban J connectivity index is 2.15. The molecule has 24 heavy (non-hydrogen) atoms. The lowest BCUT2D eigenvalue weighted by atomic mass is 10.0. The van der Waals surface area contributed by atoms with E-state index < -0.39 is 4.92 Å². The van der Waals surface area contributed by atoms with Gasteiger partial charge in [0.15, 0.2) is 0 Å². The van der Waals surface area contributed by atoms with Crippen LogP contribution in [0.1, 0.15) is 6.92 Å². The van der Waals surface area contributed by atoms with Crippen molar-refractivity contribution in [2.75, 3.05) is 5.32 Å². The molecule has 0 fully saturated rings. The van der Waals surface area contributed by atoms with Crippen LogP contribution >= 0.6 is 0 Å². The van der Waals surface area contributed by atoms with Crippen LogP contribution in [0.3, 0.4) is 0 Å². The van der Waals surface area contributed by atoms with Crippen molar-refractivity contribution in [3.8, 4) is 22.5 Å². The molecule has 0 saturated carbocycles. The molecule has 0 aliphatic carbocycles. The second-order valence-electron chi connectivity index (χ2n) is 5.16. The van der Waals surface area contributed by atoms with E-state index in [1.807, 2.05) is 30.3 Å². The lowest BCUT2D eigenvalue weighted by molar-refractivity contribution is -0.384. The van der Waals surface area contributed by atoms with Crippen LogP contribution in [0.25, 0.3) is 22.5 Å². The fraction of sp³-hybridized carbons (Fsp3) is 0.0588. The topological polar surface area (TPSA) is 101 Å². The Labute approximate surface area is 137 Å². The summed E-state index contributed by atoms with van der Waals surface area (Å²) in [6.45, 7) is 1.39. The van der Waals surface area contributed by atoms with Crippen LogP contribution in [0.2, 0.25) is 0 Å². The third kappa shape index (κ3) is 3.14. The van der Waals surface area contributed by atoms with Crippen molar-refractivity contribution in [2.24, 2.45) is 0 Å². The van der Waals surface area contributed by atoms with E-state index in [1.165, 1.54) is 19.1 Å². The van der Waals surface area contributed by atoms with Crippen molar-refractivity contribution < 1.29 is 9.72 Å². The zero-order chi connectivity index (χ0) is 17.1. The maximum atomic E-state index is 11.3. The highest BCUT2D eigenvalue weighted by Gasteiger charge is 2.16. The number of aromatic amines is 1. The van der Waals surface area contributed by atoms with Crippen LogP contribution in [0, 0.1) is 10.1 Å². The van der Waals surface area contributed by atoms with Crippen LogP contribution in [0.15, 0.2) is 54.6 Å². The number of hydrogen-bond donors (Lipinski definition) is 2. The number of rotatable bonds is 4. The molecule has 0 aliphatic rings. The van der Waals surface area contributed by atoms with E-state index >= 15 is 0 Å². The summed E-state index contributed by atoms with van der Waals surface area (Å²) in [5.74, 6) is 0.0387. The summed E-state index contributed by atoms with van der Waals surface area (Å²) >= 11 is 0. The molecule has 1 heterocycles. The minimum Gasteiger partial charge on any atom is -0.323 e. The Hall–Kier alpha value is -3.48. The number of non-ortho nitro benzene ring substituents is 1. The molecule has 0 spiro atoms. The maximum Gasteiger partial charge on any atom is 0.270 e. The lowest BCUT2D eigenvalue weighted by Crippen LogP contribution is -2.06. The fourth-order valence-electron chi connectivity index (χ4n) is 2.39. The average molecular weight is 322 g/mol. The van der Waals surface area contributed by atoms with Gasteiger partial charge >= 0.3 is 0 Å². The van der Waals surface area contributed by atoms with Crippen molar-refractivity contribution in [1.82, 2.24) is 9.97 Å². The number of nitro benzene ring substituents is 1. The molecule has 0 saturated heterocycles. The molecule has 0 atom stereocenters. The maximum absolute atomic E-state index is 11.3. The number of benzene rings is 2. The highest BCUT2D eigenvalue weighted by atomic mass is 16.6. The lowest BCUT2D eigenvalue weighted by Gasteiger charge is -2.03. The number of H-pyrrole nitrogens is 1. The predicted octanol–water partition coefficient (Wildman–Crippen LogP) is 3.61. The monoisotopic (exact) mass is 322 g/mol. The van der Waals surface area contributed by atoms with Crippen LogP contribution < -0.4 is 5.32 Å². The van der Waals surface area contributed by atoms with Gasteiger partial charge in [-0.2, -0.15) is 0 Å². The molecular weight excluding hydrogens is 308 g/mol. The van der Waals surface area contributed by atoms with Gasteiger partial charge in [0.1, 0.15) is 0 Å². The number of carbonyl (C=O) groups excluding carboxylic acids is 1.